The highest BCUT2D eigenvalue weighted by molar-refractivity contribution is 4.86. The normalized spacial score (nSPS) is 12.4. The molecule has 0 amide bonds. The summed E-state index contributed by atoms with van der Waals surface area (Å²) in [7, 11) is 0. The van der Waals surface area contributed by atoms with Crippen LogP contribution in [0.3, 0.4) is 0 Å². The Balaban J connectivity index is 3.51. The molecule has 0 aliphatic heterocycles. The fraction of sp³-hybridized carbons (Fsp3) is 0.667. The summed E-state index contributed by atoms with van der Waals surface area (Å²) in [5, 5.41) is 35.7. The van der Waals surface area contributed by atoms with Crippen molar-refractivity contribution in [2.45, 2.75) is 12.0 Å². The lowest BCUT2D eigenvalue weighted by atomic mass is 10.5. The standard InChI is InChI=1S/C3F4N8O6/c4-2(5,11(6)7)1-8-10-12(9-1)3(13(16)17,14(18)19)15(20)21. The second-order valence-electron chi connectivity index (χ2n) is 3.05. The van der Waals surface area contributed by atoms with Gasteiger partial charge in [-0.2, -0.15) is 8.78 Å². The molecule has 0 N–H and O–H groups in total. The summed E-state index contributed by atoms with van der Waals surface area (Å²) in [5.74, 6) is -6.75. The van der Waals surface area contributed by atoms with Gasteiger partial charge in [0.25, 0.3) is 5.82 Å². The van der Waals surface area contributed by atoms with Crippen molar-refractivity contribution >= 4 is 0 Å². The lowest BCUT2D eigenvalue weighted by molar-refractivity contribution is -1.01. The van der Waals surface area contributed by atoms with Crippen LogP contribution in [0, 0.1) is 30.3 Å². The first-order chi connectivity index (χ1) is 9.48. The Morgan fingerprint density at radius 1 is 1.05 bits per heavy atom. The van der Waals surface area contributed by atoms with Gasteiger partial charge in [-0.25, -0.2) is 0 Å². The third-order valence-electron chi connectivity index (χ3n) is 1.90. The van der Waals surface area contributed by atoms with Gasteiger partial charge in [0.1, 0.15) is 0 Å². The number of alkyl halides is 2. The molecule has 0 spiro atoms. The highest BCUT2D eigenvalue weighted by Gasteiger charge is 2.77. The average Bonchev–Trinajstić information content (AvgIpc) is 2.78. The first kappa shape index (κ1) is 16.0. The first-order valence-corrected chi connectivity index (χ1v) is 4.23. The van der Waals surface area contributed by atoms with Gasteiger partial charge >= 0.3 is 12.0 Å². The van der Waals surface area contributed by atoms with Gasteiger partial charge in [0, 0.05) is 0 Å². The van der Waals surface area contributed by atoms with Gasteiger partial charge in [-0.15, -0.1) is 10.2 Å². The van der Waals surface area contributed by atoms with Crippen molar-refractivity contribution in [2.75, 3.05) is 0 Å². The van der Waals surface area contributed by atoms with Gasteiger partial charge in [0.15, 0.2) is 0 Å². The minimum Gasteiger partial charge on any atom is -0.251 e. The molecule has 0 atom stereocenters. The molecule has 0 saturated heterocycles. The van der Waals surface area contributed by atoms with E-state index in [4.69, 9.17) is 0 Å². The molecular formula is C3F4N8O6. The highest BCUT2D eigenvalue weighted by atomic mass is 19.4. The topological polar surface area (TPSA) is 176 Å². The highest BCUT2D eigenvalue weighted by Crippen LogP contribution is 2.30. The molecule has 0 fully saturated rings. The molecule has 21 heavy (non-hydrogen) atoms. The molecule has 116 valence electrons. The monoisotopic (exact) mass is 320 g/mol. The molecule has 1 aromatic rings. The Morgan fingerprint density at radius 2 is 1.48 bits per heavy atom. The second kappa shape index (κ2) is 4.81. The zero-order valence-electron chi connectivity index (χ0n) is 9.04. The summed E-state index contributed by atoms with van der Waals surface area (Å²) in [4.78, 5) is 24.2. The van der Waals surface area contributed by atoms with Gasteiger partial charge in [-0.05, 0) is 5.21 Å². The zero-order valence-corrected chi connectivity index (χ0v) is 9.04. The van der Waals surface area contributed by atoms with Crippen LogP contribution < -0.4 is 0 Å². The number of hydrogen-bond donors (Lipinski definition) is 0. The van der Waals surface area contributed by atoms with E-state index in [2.05, 4.69) is 15.4 Å². The van der Waals surface area contributed by atoms with E-state index < -0.39 is 42.7 Å². The summed E-state index contributed by atoms with van der Waals surface area (Å²) in [5.41, 5.74) is 0. The first-order valence-electron chi connectivity index (χ1n) is 4.23. The van der Waals surface area contributed by atoms with Crippen molar-refractivity contribution in [3.05, 3.63) is 36.2 Å². The number of aromatic nitrogens is 4. The van der Waals surface area contributed by atoms with E-state index in [1.54, 1.807) is 0 Å². The third-order valence-corrected chi connectivity index (χ3v) is 1.90. The van der Waals surface area contributed by atoms with Gasteiger partial charge in [0.2, 0.25) is 14.8 Å². The molecule has 18 heteroatoms. The van der Waals surface area contributed by atoms with Crippen LogP contribution in [0.2, 0.25) is 0 Å². The predicted octanol–water partition coefficient (Wildman–Crippen LogP) is -0.809. The summed E-state index contributed by atoms with van der Waals surface area (Å²) in [6.45, 7) is 0. The maximum absolute atomic E-state index is 12.8. The van der Waals surface area contributed by atoms with E-state index >= 15 is 0 Å². The van der Waals surface area contributed by atoms with E-state index in [-0.39, 0.29) is 0 Å². The van der Waals surface area contributed by atoms with Crippen molar-refractivity contribution < 1.29 is 32.5 Å². The van der Waals surface area contributed by atoms with Crippen molar-refractivity contribution in [3.8, 4) is 0 Å². The molecule has 0 aliphatic rings. The van der Waals surface area contributed by atoms with E-state index in [0.29, 0.717) is 0 Å². The minimum absolute atomic E-state index is 1.03. The smallest absolute Gasteiger partial charge is 0.251 e. The number of rotatable bonds is 6. The fourth-order valence-electron chi connectivity index (χ4n) is 0.957. The van der Waals surface area contributed by atoms with Crippen molar-refractivity contribution in [2.24, 2.45) is 0 Å². The molecule has 0 radical (unpaired) electrons. The molecule has 1 rings (SSSR count). The Hall–Kier alpha value is -3.05. The molecule has 0 unspecified atom stereocenters. The van der Waals surface area contributed by atoms with Crippen molar-refractivity contribution in [1.82, 2.24) is 25.6 Å². The molecule has 0 bridgehead atoms. The van der Waals surface area contributed by atoms with Crippen molar-refractivity contribution in [3.63, 3.8) is 0 Å². The average molecular weight is 320 g/mol. The van der Waals surface area contributed by atoms with Crippen molar-refractivity contribution in [1.29, 1.82) is 0 Å². The largest absolute Gasteiger partial charge is 0.837 e. The lowest BCUT2D eigenvalue weighted by Gasteiger charge is -2.10. The summed E-state index contributed by atoms with van der Waals surface area (Å²) in [6.07, 6.45) is 0. The Labute approximate surface area is 107 Å². The van der Waals surface area contributed by atoms with Gasteiger partial charge < -0.3 is 0 Å². The van der Waals surface area contributed by atoms with Crippen LogP contribution in [0.15, 0.2) is 0 Å². The molecule has 14 nitrogen and oxygen atoms in total. The van der Waals surface area contributed by atoms with E-state index in [0.717, 1.165) is 0 Å². The minimum atomic E-state index is -5.23. The van der Waals surface area contributed by atoms with Crippen LogP contribution >= 0.6 is 0 Å². The summed E-state index contributed by atoms with van der Waals surface area (Å²) in [6, 6.07) is -5.23. The second-order valence-corrected chi connectivity index (χ2v) is 3.05. The van der Waals surface area contributed by atoms with Crippen LogP contribution in [-0.4, -0.2) is 40.3 Å². The van der Waals surface area contributed by atoms with Gasteiger partial charge in [-0.3, -0.25) is 30.3 Å². The van der Waals surface area contributed by atoms with E-state index in [1.807, 2.05) is 0 Å². The molecule has 0 aromatic carbocycles. The molecule has 1 aromatic heterocycles. The van der Waals surface area contributed by atoms with E-state index in [9.17, 15) is 48.1 Å². The van der Waals surface area contributed by atoms with Crippen LogP contribution in [0.1, 0.15) is 5.82 Å². The van der Waals surface area contributed by atoms with Crippen LogP contribution in [0.5, 0.6) is 0 Å². The Bertz CT molecular complexity index is 565. The summed E-state index contributed by atoms with van der Waals surface area (Å²) >= 11 is 0. The lowest BCUT2D eigenvalue weighted by Crippen LogP contribution is -2.56. The molecule has 1 heterocycles. The van der Waals surface area contributed by atoms with Crippen LogP contribution in [0.25, 0.3) is 0 Å². The SMILES string of the molecule is O=[N+]([O-])C(n1nnc(C(F)(F)N(F)F)n1)([N+](=O)[O-])[N+](=O)[O-]. The van der Waals surface area contributed by atoms with Crippen LogP contribution in [0.4, 0.5) is 17.7 Å². The maximum atomic E-state index is 12.8. The number of nitro groups is 3. The zero-order chi connectivity index (χ0) is 16.6. The molecular weight excluding hydrogens is 320 g/mol. The summed E-state index contributed by atoms with van der Waals surface area (Å²) < 4.78 is 49.2. The number of tetrazole rings is 1. The fourth-order valence-corrected chi connectivity index (χ4v) is 0.957. The third kappa shape index (κ3) is 2.15. The Morgan fingerprint density at radius 3 is 1.81 bits per heavy atom. The van der Waals surface area contributed by atoms with Gasteiger partial charge in [0.05, 0.1) is 10.1 Å². The van der Waals surface area contributed by atoms with Gasteiger partial charge in [-0.1, -0.05) is 8.96 Å². The maximum Gasteiger partial charge on any atom is 0.837 e. The number of hydrogen-bond acceptors (Lipinski definition) is 10. The van der Waals surface area contributed by atoms with Crippen LogP contribution in [-0.2, 0) is 12.0 Å². The Kier molecular flexibility index (Phi) is 3.66. The quantitative estimate of drug-likeness (QED) is 0.161. The molecule has 0 saturated carbocycles. The number of halogens is 4. The number of nitrogens with zero attached hydrogens (tertiary/aromatic N) is 8. The predicted molar refractivity (Wildman–Crippen MR) is 44.7 cm³/mol. The molecule has 0 aliphatic carbocycles. The van der Waals surface area contributed by atoms with E-state index in [1.165, 1.54) is 0 Å².